The van der Waals surface area contributed by atoms with Crippen molar-refractivity contribution in [2.45, 2.75) is 24.9 Å². The number of rotatable bonds is 4. The molecule has 1 saturated heterocycles. The molecule has 0 aromatic heterocycles. The van der Waals surface area contributed by atoms with Gasteiger partial charge in [-0.15, -0.1) is 0 Å². The third-order valence-electron chi connectivity index (χ3n) is 4.84. The van der Waals surface area contributed by atoms with Gasteiger partial charge in [0, 0.05) is 11.1 Å². The van der Waals surface area contributed by atoms with Gasteiger partial charge in [-0.3, -0.25) is 0 Å². The Labute approximate surface area is 139 Å². The molecule has 2 aromatic carbocycles. The van der Waals surface area contributed by atoms with E-state index in [1.807, 2.05) is 36.4 Å². The molecule has 0 aliphatic carbocycles. The molecule has 3 nitrogen and oxygen atoms in total. The minimum absolute atomic E-state index is 0.0513. The first-order chi connectivity index (χ1) is 10.9. The molecule has 1 aliphatic rings. The topological polar surface area (TPSA) is 18.5 Å². The molecular weight excluding hydrogens is 286 g/mol. The van der Waals surface area contributed by atoms with Crippen molar-refractivity contribution < 1.29 is 14.0 Å². The van der Waals surface area contributed by atoms with Crippen molar-refractivity contribution in [3.05, 3.63) is 71.8 Å². The second kappa shape index (κ2) is 6.08. The Morgan fingerprint density at radius 1 is 0.913 bits per heavy atom. The highest BCUT2D eigenvalue weighted by Gasteiger charge is 2.48. The largest absolute Gasteiger partial charge is 0.339 e. The zero-order valence-electron chi connectivity index (χ0n) is 14.4. The third kappa shape index (κ3) is 3.05. The molecule has 0 radical (unpaired) electrons. The van der Waals surface area contributed by atoms with Crippen molar-refractivity contribution in [2.75, 3.05) is 27.7 Å². The molecule has 0 N–H and O–H groups in total. The summed E-state index contributed by atoms with van der Waals surface area (Å²) in [5.41, 5.74) is 2.09. The van der Waals surface area contributed by atoms with E-state index in [9.17, 15) is 0 Å². The molecule has 122 valence electrons. The van der Waals surface area contributed by atoms with Crippen LogP contribution in [0.2, 0.25) is 0 Å². The van der Waals surface area contributed by atoms with Gasteiger partial charge in [0.2, 0.25) is 5.79 Å². The van der Waals surface area contributed by atoms with Gasteiger partial charge >= 0.3 is 0 Å². The smallest absolute Gasteiger partial charge is 0.223 e. The first kappa shape index (κ1) is 16.2. The summed E-state index contributed by atoms with van der Waals surface area (Å²) >= 11 is 0. The normalized spacial score (nSPS) is 22.0. The summed E-state index contributed by atoms with van der Waals surface area (Å²) < 4.78 is 13.7. The van der Waals surface area contributed by atoms with Gasteiger partial charge in [-0.2, -0.15) is 0 Å². The molecule has 2 aromatic rings. The van der Waals surface area contributed by atoms with E-state index in [0.717, 1.165) is 15.6 Å². The van der Waals surface area contributed by atoms with Crippen LogP contribution in [0.25, 0.3) is 0 Å². The highest BCUT2D eigenvalue weighted by molar-refractivity contribution is 5.34. The van der Waals surface area contributed by atoms with E-state index >= 15 is 0 Å². The molecular formula is C20H26NO2+. The SMILES string of the molecule is C[C@H](C1COC(c2ccccc2)(c2ccccc2)O1)[N+](C)(C)C. The summed E-state index contributed by atoms with van der Waals surface area (Å²) in [6, 6.07) is 20.8. The van der Waals surface area contributed by atoms with E-state index in [-0.39, 0.29) is 6.10 Å². The number of benzene rings is 2. The van der Waals surface area contributed by atoms with Crippen LogP contribution in [0, 0.1) is 0 Å². The maximum atomic E-state index is 6.57. The molecule has 0 amide bonds. The van der Waals surface area contributed by atoms with Crippen LogP contribution in [0.15, 0.2) is 60.7 Å². The Hall–Kier alpha value is -1.68. The van der Waals surface area contributed by atoms with E-state index in [0.29, 0.717) is 12.6 Å². The van der Waals surface area contributed by atoms with E-state index in [4.69, 9.17) is 9.47 Å². The van der Waals surface area contributed by atoms with Crippen LogP contribution in [-0.2, 0) is 15.3 Å². The lowest BCUT2D eigenvalue weighted by Crippen LogP contribution is -2.51. The zero-order chi connectivity index (χ0) is 16.5. The summed E-state index contributed by atoms with van der Waals surface area (Å²) in [5, 5.41) is 0. The summed E-state index contributed by atoms with van der Waals surface area (Å²) in [6.07, 6.45) is 0.0513. The highest BCUT2D eigenvalue weighted by Crippen LogP contribution is 2.41. The van der Waals surface area contributed by atoms with Crippen molar-refractivity contribution in [1.29, 1.82) is 0 Å². The van der Waals surface area contributed by atoms with Gasteiger partial charge in [0.25, 0.3) is 0 Å². The Balaban J connectivity index is 2.00. The molecule has 3 rings (SSSR count). The number of nitrogens with zero attached hydrogens (tertiary/aromatic N) is 1. The molecule has 1 fully saturated rings. The molecule has 1 heterocycles. The van der Waals surface area contributed by atoms with E-state index in [1.54, 1.807) is 0 Å². The second-order valence-corrected chi connectivity index (χ2v) is 7.17. The fourth-order valence-corrected chi connectivity index (χ4v) is 3.00. The molecule has 0 bridgehead atoms. The number of quaternary nitrogens is 1. The summed E-state index contributed by atoms with van der Waals surface area (Å²) in [7, 11) is 6.58. The molecule has 1 aliphatic heterocycles. The maximum absolute atomic E-state index is 6.57. The van der Waals surface area contributed by atoms with Crippen LogP contribution in [0.4, 0.5) is 0 Å². The van der Waals surface area contributed by atoms with Gasteiger partial charge < -0.3 is 14.0 Å². The predicted octanol–water partition coefficient (Wildman–Crippen LogP) is 3.40. The average Bonchev–Trinajstić information content (AvgIpc) is 3.01. The van der Waals surface area contributed by atoms with Gasteiger partial charge in [0.15, 0.2) is 0 Å². The van der Waals surface area contributed by atoms with Crippen molar-refractivity contribution >= 4 is 0 Å². The molecule has 23 heavy (non-hydrogen) atoms. The number of hydrogen-bond acceptors (Lipinski definition) is 2. The molecule has 0 spiro atoms. The van der Waals surface area contributed by atoms with Crippen molar-refractivity contribution in [1.82, 2.24) is 0 Å². The quantitative estimate of drug-likeness (QED) is 0.806. The predicted molar refractivity (Wildman–Crippen MR) is 92.0 cm³/mol. The van der Waals surface area contributed by atoms with Crippen LogP contribution in [0.5, 0.6) is 0 Å². The minimum Gasteiger partial charge on any atom is -0.339 e. The lowest BCUT2D eigenvalue weighted by Gasteiger charge is -2.36. The lowest BCUT2D eigenvalue weighted by molar-refractivity contribution is -0.897. The maximum Gasteiger partial charge on any atom is 0.223 e. The van der Waals surface area contributed by atoms with Crippen LogP contribution in [0.3, 0.4) is 0 Å². The Morgan fingerprint density at radius 2 is 1.39 bits per heavy atom. The van der Waals surface area contributed by atoms with E-state index in [1.165, 1.54) is 0 Å². The van der Waals surface area contributed by atoms with Crippen LogP contribution in [-0.4, -0.2) is 44.4 Å². The van der Waals surface area contributed by atoms with Crippen molar-refractivity contribution in [3.8, 4) is 0 Å². The zero-order valence-corrected chi connectivity index (χ0v) is 14.4. The lowest BCUT2D eigenvalue weighted by atomic mass is 9.97. The fraction of sp³-hybridized carbons (Fsp3) is 0.400. The van der Waals surface area contributed by atoms with Gasteiger partial charge in [0.1, 0.15) is 12.1 Å². The second-order valence-electron chi connectivity index (χ2n) is 7.17. The van der Waals surface area contributed by atoms with Gasteiger partial charge in [-0.1, -0.05) is 60.7 Å². The summed E-state index contributed by atoms with van der Waals surface area (Å²) in [5.74, 6) is -0.809. The third-order valence-corrected chi connectivity index (χ3v) is 4.84. The van der Waals surface area contributed by atoms with Crippen LogP contribution in [0.1, 0.15) is 18.1 Å². The highest BCUT2D eigenvalue weighted by atomic mass is 16.7. The fourth-order valence-electron chi connectivity index (χ4n) is 3.00. The molecule has 1 unspecified atom stereocenters. The average molecular weight is 312 g/mol. The standard InChI is InChI=1S/C20H26NO2/c1-16(21(2,3)4)19-15-22-20(23-19,17-11-7-5-8-12-17)18-13-9-6-10-14-18/h5-14,16,19H,15H2,1-4H3/q+1/t16-,19?/m1/s1. The van der Waals surface area contributed by atoms with Crippen molar-refractivity contribution in [3.63, 3.8) is 0 Å². The molecule has 3 heteroatoms. The summed E-state index contributed by atoms with van der Waals surface area (Å²) in [4.78, 5) is 0. The monoisotopic (exact) mass is 312 g/mol. The van der Waals surface area contributed by atoms with E-state index < -0.39 is 5.79 Å². The van der Waals surface area contributed by atoms with Gasteiger partial charge in [-0.25, -0.2) is 0 Å². The van der Waals surface area contributed by atoms with Crippen LogP contribution < -0.4 is 0 Å². The Kier molecular flexibility index (Phi) is 4.28. The number of ether oxygens (including phenoxy) is 2. The van der Waals surface area contributed by atoms with Crippen molar-refractivity contribution in [2.24, 2.45) is 0 Å². The minimum atomic E-state index is -0.809. The Bertz CT molecular complexity index is 594. The number of likely N-dealkylation sites (N-methyl/N-ethyl adjacent to an activating group) is 1. The van der Waals surface area contributed by atoms with Crippen LogP contribution >= 0.6 is 0 Å². The van der Waals surface area contributed by atoms with E-state index in [2.05, 4.69) is 52.3 Å². The first-order valence-corrected chi connectivity index (χ1v) is 8.17. The molecule has 0 saturated carbocycles. The first-order valence-electron chi connectivity index (χ1n) is 8.17. The Morgan fingerprint density at radius 3 is 1.83 bits per heavy atom. The molecule has 2 atom stereocenters. The van der Waals surface area contributed by atoms with Gasteiger partial charge in [0.05, 0.1) is 27.7 Å². The van der Waals surface area contributed by atoms with Gasteiger partial charge in [-0.05, 0) is 6.92 Å². The number of hydrogen-bond donors (Lipinski definition) is 0. The summed E-state index contributed by atoms with van der Waals surface area (Å²) in [6.45, 7) is 2.82.